The summed E-state index contributed by atoms with van der Waals surface area (Å²) >= 11 is 0. The van der Waals surface area contributed by atoms with Crippen LogP contribution in [0.2, 0.25) is 0 Å². The van der Waals surface area contributed by atoms with Gasteiger partial charge in [-0.1, -0.05) is 169 Å². The molecule has 700 valence electrons. The third kappa shape index (κ3) is 21.2. The first-order valence-electron chi connectivity index (χ1n) is 43.7. The molecule has 29 nitrogen and oxygen atoms in total. The largest absolute Gasteiger partial charge is 0.486 e. The van der Waals surface area contributed by atoms with Crippen LogP contribution in [0.4, 0.5) is 40.3 Å². The number of hydrogen-bond acceptors (Lipinski definition) is 21. The number of nitro benzene ring substituents is 4. The molecule has 0 aliphatic rings. The molecule has 0 saturated carbocycles. The Morgan fingerprint density at radius 2 is 0.667 bits per heavy atom. The molecule has 0 aliphatic heterocycles. The number of rotatable bonds is 27. The minimum absolute atomic E-state index is 0.0329. The molecule has 0 fully saturated rings. The SMILES string of the molecule is CC(=O)O/N=C(/C)c1ccc(-n2c3ccccc3c3cc([N+](=O)[O-])ccc32)cc1C.CC(=O)O/N=C(\c1ccc(-n2c3ccccc3c3cc([N+](=O)[O-])ccc32)cc1)c1ccccc1OCC(F)(F)C(F)F.CCC/C(=N/OC(C)=O)c1ccc(-n2c3ccccc3c3cc([N+](=O)[O-])ccc32)cc1C.CCCCC/C(=N/OC(C)=O)c1ccc(-n2c3ccccc3c3cc([N+](=O)[O-])ccc32)cc1C. The maximum atomic E-state index is 13.6. The number of para-hydroxylation sites is 5. The van der Waals surface area contributed by atoms with Gasteiger partial charge in [0.2, 0.25) is 0 Å². The van der Waals surface area contributed by atoms with Crippen molar-refractivity contribution in [2.45, 2.75) is 120 Å². The molecule has 33 heteroatoms. The number of aromatic nitrogens is 4. The van der Waals surface area contributed by atoms with E-state index < -0.39 is 47.8 Å². The summed E-state index contributed by atoms with van der Waals surface area (Å²) in [6.45, 7) is 15.5. The number of hydrogen-bond donors (Lipinski definition) is 0. The van der Waals surface area contributed by atoms with Gasteiger partial charge in [0.15, 0.2) is 6.61 Å². The van der Waals surface area contributed by atoms with E-state index in [2.05, 4.69) is 53.4 Å². The molecule has 0 atom stereocenters. The lowest BCUT2D eigenvalue weighted by Crippen LogP contribution is -2.34. The lowest BCUT2D eigenvalue weighted by atomic mass is 9.99. The minimum Gasteiger partial charge on any atom is -0.486 e. The fourth-order valence-electron chi connectivity index (χ4n) is 16.6. The molecule has 4 aromatic heterocycles. The Morgan fingerprint density at radius 3 is 1.01 bits per heavy atom. The zero-order chi connectivity index (χ0) is 98.5. The monoisotopic (exact) mass is 1870 g/mol. The average Bonchev–Trinajstić information content (AvgIpc) is 1.72. The normalized spacial score (nSPS) is 11.9. The topological polar surface area (TPSA) is 356 Å². The minimum atomic E-state index is -4.38. The Kier molecular flexibility index (Phi) is 29.7. The summed E-state index contributed by atoms with van der Waals surface area (Å²) in [6, 6.07) is 81.1. The van der Waals surface area contributed by atoms with Gasteiger partial charge in [-0.3, -0.25) is 40.5 Å². The predicted octanol–water partition coefficient (Wildman–Crippen LogP) is 25.5. The highest BCUT2D eigenvalue weighted by atomic mass is 19.3. The summed E-state index contributed by atoms with van der Waals surface area (Å²) in [4.78, 5) is 108. The maximum absolute atomic E-state index is 13.6. The van der Waals surface area contributed by atoms with E-state index in [1.165, 1.54) is 69.3 Å². The Morgan fingerprint density at radius 1 is 0.348 bits per heavy atom. The molecule has 0 N–H and O–H groups in total. The smallest absolute Gasteiger partial charge is 0.340 e. The van der Waals surface area contributed by atoms with Gasteiger partial charge in [-0.2, -0.15) is 8.78 Å². The lowest BCUT2D eigenvalue weighted by molar-refractivity contribution is -0.384. The number of alkyl halides is 4. The van der Waals surface area contributed by atoms with Crippen LogP contribution in [0.5, 0.6) is 5.75 Å². The lowest BCUT2D eigenvalue weighted by Gasteiger charge is -2.18. The summed E-state index contributed by atoms with van der Waals surface area (Å²) in [5.41, 5.74) is 19.1. The van der Waals surface area contributed by atoms with Gasteiger partial charge in [0.05, 0.1) is 81.0 Å². The van der Waals surface area contributed by atoms with Crippen LogP contribution in [0.3, 0.4) is 0 Å². The molecule has 138 heavy (non-hydrogen) atoms. The molecule has 4 heterocycles. The first-order valence-corrected chi connectivity index (χ1v) is 43.7. The number of aryl methyl sites for hydroxylation is 3. The highest BCUT2D eigenvalue weighted by Crippen LogP contribution is 2.41. The van der Waals surface area contributed by atoms with Crippen molar-refractivity contribution in [2.75, 3.05) is 6.61 Å². The molecule has 0 amide bonds. The first kappa shape index (κ1) is 96.8. The van der Waals surface area contributed by atoms with Crippen LogP contribution in [0, 0.1) is 61.2 Å². The number of halogens is 4. The quantitative estimate of drug-likeness (QED) is 0.0115. The number of nitrogens with zero attached hydrogens (tertiary/aromatic N) is 12. The molecule has 17 rings (SSSR count). The molecule has 0 radical (unpaired) electrons. The standard InChI is InChI=1S/C30H21F4N3O5.C27H27N3O4.C25H23N3O4.C23H19N3O4/c1-18(38)42-35-28(23-7-3-5-9-27(23)41-17-30(33,34)29(31)32)19-10-12-20(13-11-19)36-25-8-4-2-6-22(25)24-16-21(37(39)40)14-15-26(24)36;1-4-5-6-10-25(28-34-19(3)31)22-14-12-20(16-18(22)2)29-26-11-8-7-9-23(26)24-17-21(30(32)33)13-15-27(24)29;1-4-7-23(26-32-17(3)29)20-12-10-18(14-16(20)2)27-24-9-6-5-8-21(24)22-15-19(28(30)31)11-13-25(22)27;1-14-12-17(8-10-19(14)15(2)24-30-16(3)27)25-22-7-5-4-6-20(22)21-13-18(26(28)29)9-11-23(21)25/h2-16,29H,17H2,1H3;7-9,11-17H,4-6,10H2,1-3H3;5-6,8-15H,4,7H2,1-3H3;4-13H,1-3H3/b35-28+;28-25-;26-23-;24-15-. The number of unbranched alkanes of at least 4 members (excludes halogenated alkanes) is 2. The van der Waals surface area contributed by atoms with Crippen molar-refractivity contribution in [3.63, 3.8) is 0 Å². The van der Waals surface area contributed by atoms with Gasteiger partial charge in [-0.25, -0.2) is 28.0 Å². The van der Waals surface area contributed by atoms with E-state index in [-0.39, 0.29) is 54.5 Å². The first-order chi connectivity index (χ1) is 66.2. The molecular formula is C105H90F4N12O17. The van der Waals surface area contributed by atoms with Crippen LogP contribution in [0.25, 0.3) is 110 Å². The van der Waals surface area contributed by atoms with E-state index in [0.717, 1.165) is 183 Å². The number of benzene rings is 13. The van der Waals surface area contributed by atoms with Crippen LogP contribution in [-0.4, -0.2) is 104 Å². The highest BCUT2D eigenvalue weighted by Gasteiger charge is 2.42. The van der Waals surface area contributed by atoms with E-state index in [4.69, 9.17) is 24.1 Å². The van der Waals surface area contributed by atoms with Gasteiger partial charge in [0.1, 0.15) is 11.5 Å². The second-order valence-electron chi connectivity index (χ2n) is 32.4. The number of fused-ring (bicyclic) bond motifs is 12. The number of oxime groups is 4. The number of carbonyl (C=O) groups is 4. The fraction of sp³-hybridized carbons (Fsp3) is 0.181. The Bertz CT molecular complexity index is 7810. The second kappa shape index (κ2) is 42.3. The molecule has 0 aliphatic carbocycles. The molecule has 13 aromatic carbocycles. The predicted molar refractivity (Wildman–Crippen MR) is 524 cm³/mol. The highest BCUT2D eigenvalue weighted by molar-refractivity contribution is 6.16. The maximum Gasteiger partial charge on any atom is 0.340 e. The summed E-state index contributed by atoms with van der Waals surface area (Å²) in [5, 5.41) is 68.1. The van der Waals surface area contributed by atoms with E-state index in [9.17, 15) is 77.2 Å². The van der Waals surface area contributed by atoms with Crippen LogP contribution in [0.15, 0.2) is 294 Å². The molecule has 0 unspecified atom stereocenters. The summed E-state index contributed by atoms with van der Waals surface area (Å²) < 4.78 is 65.9. The molecule has 17 aromatic rings. The van der Waals surface area contributed by atoms with Crippen molar-refractivity contribution in [1.82, 2.24) is 18.3 Å². The van der Waals surface area contributed by atoms with Crippen molar-refractivity contribution in [3.8, 4) is 28.5 Å². The van der Waals surface area contributed by atoms with E-state index >= 15 is 0 Å². The number of non-ortho nitro benzene ring substituents is 4. The Labute approximate surface area is 785 Å². The van der Waals surface area contributed by atoms with Crippen LogP contribution in [-0.2, 0) is 38.5 Å². The number of ether oxygens (including phenoxy) is 1. The number of nitro groups is 4. The second-order valence-corrected chi connectivity index (χ2v) is 32.4. The average molecular weight is 1870 g/mol. The van der Waals surface area contributed by atoms with Crippen molar-refractivity contribution >= 4 is 157 Å². The molecule has 0 saturated heterocycles. The van der Waals surface area contributed by atoms with Crippen LogP contribution >= 0.6 is 0 Å². The van der Waals surface area contributed by atoms with Crippen molar-refractivity contribution < 1.29 is 80.5 Å². The van der Waals surface area contributed by atoms with Gasteiger partial charge >= 0.3 is 36.2 Å². The van der Waals surface area contributed by atoms with Gasteiger partial charge in [0, 0.05) is 170 Å². The van der Waals surface area contributed by atoms with Gasteiger partial charge in [-0.05, 0) is 173 Å². The summed E-state index contributed by atoms with van der Waals surface area (Å²) in [6.07, 6.45) is 1.48. The van der Waals surface area contributed by atoms with Crippen LogP contribution < -0.4 is 4.74 Å². The summed E-state index contributed by atoms with van der Waals surface area (Å²) in [7, 11) is 0. The van der Waals surface area contributed by atoms with Gasteiger partial charge < -0.3 is 42.4 Å². The fourth-order valence-corrected chi connectivity index (χ4v) is 16.6. The van der Waals surface area contributed by atoms with E-state index in [1.54, 1.807) is 79.7 Å². The number of carbonyl (C=O) groups excluding carboxylic acids is 4. The van der Waals surface area contributed by atoms with Gasteiger partial charge in [0.25, 0.3) is 22.7 Å². The van der Waals surface area contributed by atoms with E-state index in [1.807, 2.05) is 172 Å². The zero-order valence-electron chi connectivity index (χ0n) is 76.3. The molecule has 0 spiro atoms. The zero-order valence-corrected chi connectivity index (χ0v) is 76.3. The van der Waals surface area contributed by atoms with Crippen molar-refractivity contribution in [1.29, 1.82) is 0 Å². The van der Waals surface area contributed by atoms with Crippen molar-refractivity contribution in [2.24, 2.45) is 20.6 Å². The Balaban J connectivity index is 0.000000148. The van der Waals surface area contributed by atoms with E-state index in [0.29, 0.717) is 28.8 Å². The van der Waals surface area contributed by atoms with Gasteiger partial charge in [-0.15, -0.1) is 0 Å². The van der Waals surface area contributed by atoms with Crippen molar-refractivity contribution in [3.05, 3.63) is 358 Å². The molecule has 0 bridgehead atoms. The third-order valence-electron chi connectivity index (χ3n) is 22.8. The molecular weight excluding hydrogens is 1780 g/mol. The van der Waals surface area contributed by atoms with Crippen LogP contribution in [0.1, 0.15) is 131 Å². The third-order valence-corrected chi connectivity index (χ3v) is 22.8. The Hall–Kier alpha value is -17.3. The summed E-state index contributed by atoms with van der Waals surface area (Å²) in [5.74, 6) is -6.66.